The third-order valence-corrected chi connectivity index (χ3v) is 5.44. The molecule has 0 unspecified atom stereocenters. The van der Waals surface area contributed by atoms with Crippen molar-refractivity contribution in [2.24, 2.45) is 0 Å². The number of benzene rings is 1. The number of ether oxygens (including phenoxy) is 2. The van der Waals surface area contributed by atoms with Crippen molar-refractivity contribution in [3.63, 3.8) is 0 Å². The van der Waals surface area contributed by atoms with Gasteiger partial charge in [0.15, 0.2) is 5.78 Å². The number of Topliss-reactive ketones (excluding diaryl/α,β-unsaturated/α-hetero) is 1. The Kier molecular flexibility index (Phi) is 8.59. The molecule has 1 rings (SSSR count). The van der Waals surface area contributed by atoms with E-state index >= 15 is 0 Å². The van der Waals surface area contributed by atoms with Gasteiger partial charge in [-0.25, -0.2) is 0 Å². The normalized spacial score (nSPS) is 11.5. The summed E-state index contributed by atoms with van der Waals surface area (Å²) in [6, 6.07) is 3.34. The fraction of sp³-hybridized carbons (Fsp3) is 0.562. The zero-order chi connectivity index (χ0) is 18.2. The second-order valence-corrected chi connectivity index (χ2v) is 7.37. The van der Waals surface area contributed by atoms with E-state index in [2.05, 4.69) is 0 Å². The number of carbonyl (C=O) groups is 1. The summed E-state index contributed by atoms with van der Waals surface area (Å²) in [6.45, 7) is 4.61. The molecule has 0 aliphatic carbocycles. The fourth-order valence-corrected chi connectivity index (χ4v) is 3.03. The number of rotatable bonds is 11. The lowest BCUT2D eigenvalue weighted by Gasteiger charge is -2.16. The number of hydrogen-bond donors (Lipinski definition) is 1. The first-order valence-corrected chi connectivity index (χ1v) is 9.26. The average Bonchev–Trinajstić information content (AvgIpc) is 2.58. The van der Waals surface area contributed by atoms with E-state index in [1.54, 1.807) is 12.1 Å². The molecule has 0 aromatic heterocycles. The molecule has 136 valence electrons. The molecule has 0 radical (unpaired) electrons. The van der Waals surface area contributed by atoms with Crippen LogP contribution in [0.15, 0.2) is 12.1 Å². The molecule has 1 aromatic rings. The van der Waals surface area contributed by atoms with Gasteiger partial charge in [0.1, 0.15) is 18.5 Å². The maximum absolute atomic E-state index is 12.4. The maximum Gasteiger partial charge on any atom is 0.337 e. The van der Waals surface area contributed by atoms with Crippen LogP contribution in [0.5, 0.6) is 5.75 Å². The van der Waals surface area contributed by atoms with E-state index in [0.717, 1.165) is 11.1 Å². The molecule has 0 spiro atoms. The monoisotopic (exact) mass is 360 g/mol. The van der Waals surface area contributed by atoms with E-state index in [1.165, 1.54) is 14.2 Å². The highest BCUT2D eigenvalue weighted by molar-refractivity contribution is 7.54. The van der Waals surface area contributed by atoms with Crippen LogP contribution in [0, 0.1) is 13.8 Å². The Morgan fingerprint density at radius 1 is 1.08 bits per heavy atom. The molecule has 0 amide bonds. The third-order valence-electron chi connectivity index (χ3n) is 3.65. The molecule has 7 nitrogen and oxygen atoms in total. The van der Waals surface area contributed by atoms with Crippen LogP contribution in [0.25, 0.3) is 0 Å². The molecule has 0 heterocycles. The van der Waals surface area contributed by atoms with Crippen molar-refractivity contribution >= 4 is 13.4 Å². The number of aliphatic hydroxyl groups is 1. The lowest BCUT2D eigenvalue weighted by molar-refractivity contribution is 0.0703. The number of ketones is 1. The van der Waals surface area contributed by atoms with Gasteiger partial charge in [-0.3, -0.25) is 9.36 Å². The molecule has 0 saturated heterocycles. The lowest BCUT2D eigenvalue weighted by Crippen LogP contribution is -2.12. The minimum absolute atomic E-state index is 0.0260. The standard InChI is InChI=1S/C16H25O7P/c1-12-13(2)16(23-10-9-22-8-7-17)6-5-14(12)15(18)11-24(19,20-3)21-4/h5-6,17H,7-11H2,1-4H3. The van der Waals surface area contributed by atoms with Crippen LogP contribution in [0.1, 0.15) is 21.5 Å². The second-order valence-electron chi connectivity index (χ2n) is 5.10. The van der Waals surface area contributed by atoms with Crippen molar-refractivity contribution in [1.29, 1.82) is 0 Å². The van der Waals surface area contributed by atoms with Crippen LogP contribution < -0.4 is 4.74 Å². The number of hydrogen-bond acceptors (Lipinski definition) is 7. The van der Waals surface area contributed by atoms with Gasteiger partial charge in [0, 0.05) is 19.8 Å². The summed E-state index contributed by atoms with van der Waals surface area (Å²) >= 11 is 0. The van der Waals surface area contributed by atoms with Gasteiger partial charge in [-0.2, -0.15) is 0 Å². The van der Waals surface area contributed by atoms with Gasteiger partial charge in [0.25, 0.3) is 0 Å². The van der Waals surface area contributed by atoms with Crippen molar-refractivity contribution in [3.8, 4) is 5.75 Å². The molecular weight excluding hydrogens is 335 g/mol. The van der Waals surface area contributed by atoms with Gasteiger partial charge >= 0.3 is 7.60 Å². The highest BCUT2D eigenvalue weighted by Crippen LogP contribution is 2.46. The minimum Gasteiger partial charge on any atom is -0.491 e. The zero-order valence-corrected chi connectivity index (χ0v) is 15.4. The smallest absolute Gasteiger partial charge is 0.337 e. The quantitative estimate of drug-likeness (QED) is 0.368. The van der Waals surface area contributed by atoms with E-state index < -0.39 is 7.60 Å². The van der Waals surface area contributed by atoms with Gasteiger partial charge in [-0.05, 0) is 37.1 Å². The molecule has 0 aliphatic rings. The molecule has 0 fully saturated rings. The lowest BCUT2D eigenvalue weighted by atomic mass is 10.00. The Bertz CT molecular complexity index is 592. The number of aliphatic hydroxyl groups excluding tert-OH is 1. The van der Waals surface area contributed by atoms with E-state index in [9.17, 15) is 9.36 Å². The van der Waals surface area contributed by atoms with Crippen LogP contribution in [0.2, 0.25) is 0 Å². The Morgan fingerprint density at radius 3 is 2.33 bits per heavy atom. The summed E-state index contributed by atoms with van der Waals surface area (Å²) < 4.78 is 32.5. The van der Waals surface area contributed by atoms with Crippen LogP contribution in [-0.2, 0) is 18.3 Å². The van der Waals surface area contributed by atoms with Crippen LogP contribution >= 0.6 is 7.60 Å². The summed E-state index contributed by atoms with van der Waals surface area (Å²) in [5.74, 6) is 0.346. The fourth-order valence-electron chi connectivity index (χ4n) is 2.10. The first-order chi connectivity index (χ1) is 11.4. The van der Waals surface area contributed by atoms with Crippen molar-refractivity contribution in [2.75, 3.05) is 46.8 Å². The Morgan fingerprint density at radius 2 is 1.75 bits per heavy atom. The summed E-state index contributed by atoms with van der Waals surface area (Å²) in [7, 11) is -0.885. The summed E-state index contributed by atoms with van der Waals surface area (Å²) in [5, 5.41) is 8.63. The highest BCUT2D eigenvalue weighted by atomic mass is 31.2. The molecule has 0 saturated carbocycles. The molecule has 0 bridgehead atoms. The summed E-state index contributed by atoms with van der Waals surface area (Å²) in [4.78, 5) is 12.4. The first kappa shape index (κ1) is 20.8. The molecule has 8 heteroatoms. The Balaban J connectivity index is 2.80. The topological polar surface area (TPSA) is 91.3 Å². The third kappa shape index (κ3) is 5.69. The Labute approximate surface area is 142 Å². The van der Waals surface area contributed by atoms with Crippen LogP contribution in [0.3, 0.4) is 0 Å². The minimum atomic E-state index is -3.40. The van der Waals surface area contributed by atoms with Crippen molar-refractivity contribution < 1.29 is 33.0 Å². The second kappa shape index (κ2) is 9.91. The molecule has 0 aliphatic heterocycles. The van der Waals surface area contributed by atoms with Crippen molar-refractivity contribution in [1.82, 2.24) is 0 Å². The van der Waals surface area contributed by atoms with Gasteiger partial charge in [0.2, 0.25) is 0 Å². The first-order valence-electron chi connectivity index (χ1n) is 7.54. The maximum atomic E-state index is 12.4. The highest BCUT2D eigenvalue weighted by Gasteiger charge is 2.27. The SMILES string of the molecule is COP(=O)(CC(=O)c1ccc(OCCOCCO)c(C)c1C)OC. The molecule has 0 atom stereocenters. The largest absolute Gasteiger partial charge is 0.491 e. The van der Waals surface area contributed by atoms with Crippen LogP contribution in [-0.4, -0.2) is 57.7 Å². The van der Waals surface area contributed by atoms with Gasteiger partial charge in [0.05, 0.1) is 19.8 Å². The average molecular weight is 360 g/mol. The zero-order valence-electron chi connectivity index (χ0n) is 14.5. The molecule has 24 heavy (non-hydrogen) atoms. The van der Waals surface area contributed by atoms with E-state index in [-0.39, 0.29) is 25.2 Å². The van der Waals surface area contributed by atoms with E-state index in [4.69, 9.17) is 23.6 Å². The summed E-state index contributed by atoms with van der Waals surface area (Å²) in [5.41, 5.74) is 2.05. The van der Waals surface area contributed by atoms with Crippen molar-refractivity contribution in [2.45, 2.75) is 13.8 Å². The van der Waals surface area contributed by atoms with E-state index in [1.807, 2.05) is 13.8 Å². The van der Waals surface area contributed by atoms with Crippen LogP contribution in [0.4, 0.5) is 0 Å². The van der Waals surface area contributed by atoms with Gasteiger partial charge < -0.3 is 23.6 Å². The predicted molar refractivity (Wildman–Crippen MR) is 90.1 cm³/mol. The molecule has 1 N–H and O–H groups in total. The number of carbonyl (C=O) groups excluding carboxylic acids is 1. The predicted octanol–water partition coefficient (Wildman–Crippen LogP) is 2.36. The van der Waals surface area contributed by atoms with Crippen molar-refractivity contribution in [3.05, 3.63) is 28.8 Å². The Hall–Kier alpha value is -1.24. The molecule has 1 aromatic carbocycles. The van der Waals surface area contributed by atoms with E-state index in [0.29, 0.717) is 24.5 Å². The summed E-state index contributed by atoms with van der Waals surface area (Å²) in [6.07, 6.45) is -0.310. The molecular formula is C16H25O7P. The van der Waals surface area contributed by atoms with Gasteiger partial charge in [-0.15, -0.1) is 0 Å². The van der Waals surface area contributed by atoms with Gasteiger partial charge in [-0.1, -0.05) is 0 Å².